The Bertz CT molecular complexity index is 2280. The predicted molar refractivity (Wildman–Crippen MR) is 172 cm³/mol. The summed E-state index contributed by atoms with van der Waals surface area (Å²) in [5, 5.41) is 11.3. The van der Waals surface area contributed by atoms with E-state index in [1.165, 1.54) is 13.8 Å². The summed E-state index contributed by atoms with van der Waals surface area (Å²) >= 11 is 0. The van der Waals surface area contributed by atoms with E-state index in [0.29, 0.717) is 0 Å². The molecule has 54 heavy (non-hydrogen) atoms. The molecule has 7 rings (SSSR count). The molecule has 3 aliphatic rings. The first-order valence-electron chi connectivity index (χ1n) is 15.7. The van der Waals surface area contributed by atoms with E-state index in [4.69, 9.17) is 53.0 Å². The van der Waals surface area contributed by atoms with Gasteiger partial charge in [0.2, 0.25) is 18.7 Å². The van der Waals surface area contributed by atoms with Gasteiger partial charge in [0.25, 0.3) is 11.1 Å². The first-order valence-corrected chi connectivity index (χ1v) is 18.6. The quantitative estimate of drug-likeness (QED) is 0.0810. The molecule has 4 aromatic heterocycles. The molecule has 3 aliphatic heterocycles. The molecule has 8 N–H and O–H groups in total. The highest BCUT2D eigenvalue weighted by atomic mass is 31.2. The molecule has 0 amide bonds. The zero-order valence-corrected chi connectivity index (χ0v) is 29.5. The summed E-state index contributed by atoms with van der Waals surface area (Å²) in [7, 11) is -10.4. The van der Waals surface area contributed by atoms with E-state index in [-0.39, 0.29) is 34.2 Å². The number of aromatic nitrogens is 8. The van der Waals surface area contributed by atoms with Gasteiger partial charge in [-0.1, -0.05) is 0 Å². The lowest BCUT2D eigenvalue weighted by molar-refractivity contribution is -0.0770. The molecular weight excluding hydrogens is 777 g/mol. The van der Waals surface area contributed by atoms with E-state index >= 15 is 4.39 Å². The van der Waals surface area contributed by atoms with Crippen molar-refractivity contribution in [1.82, 2.24) is 39.0 Å². The maximum Gasteiger partial charge on any atom is 0.510 e. The number of phosphoric acid groups is 2. The van der Waals surface area contributed by atoms with Gasteiger partial charge in [-0.3, -0.25) is 46.8 Å². The Morgan fingerprint density at radius 2 is 1.54 bits per heavy atom. The molecule has 4 aromatic rings. The highest BCUT2D eigenvalue weighted by Crippen LogP contribution is 2.56. The summed E-state index contributed by atoms with van der Waals surface area (Å²) in [6.07, 6.45) is -14.6. The van der Waals surface area contributed by atoms with Crippen LogP contribution in [0.1, 0.15) is 26.3 Å². The third-order valence-corrected chi connectivity index (χ3v) is 10.4. The first-order chi connectivity index (χ1) is 25.5. The molecule has 10 atom stereocenters. The standard InChI is InChI=1S/C25H31FN10O16P2/c1-8(2)48-25(40)44-7-47-54(43)46-4-10-15(11(26)21(50-10)35-5-29-12-17(35)31-23(27)33-19(12)38)51-53(41,42)45-3-9-14(37)16(52-54)22(49-9)36-6-30-13-18(36)32-24(28)34-20(13)39/h5-6,8-11,14-16,21-22,37H,3-4,7H2,1-2H3,(H,41,42)(H3,27,31,33,38)(H3,28,32,34,39)/t9-,10-,11?,14?,15?,16?,21-,22-,54?/m1/s1. The fraction of sp³-hybridized carbons (Fsp3) is 0.560. The topological polar surface area (TPSA) is 354 Å². The molecule has 6 unspecified atom stereocenters. The number of carbonyl (C=O) groups is 1. The average molecular weight is 809 g/mol. The van der Waals surface area contributed by atoms with Crippen LogP contribution in [0.4, 0.5) is 21.1 Å². The number of nitrogen functional groups attached to an aromatic ring is 2. The number of ether oxygens (including phenoxy) is 4. The second-order valence-electron chi connectivity index (χ2n) is 12.1. The summed E-state index contributed by atoms with van der Waals surface area (Å²) in [6.45, 7) is -0.00987. The number of nitrogens with one attached hydrogen (secondary N) is 2. The van der Waals surface area contributed by atoms with E-state index in [9.17, 15) is 33.5 Å². The van der Waals surface area contributed by atoms with Crippen molar-refractivity contribution >= 4 is 56.0 Å². The molecule has 3 fully saturated rings. The number of H-pyrrole nitrogens is 2. The number of rotatable bonds is 6. The zero-order valence-electron chi connectivity index (χ0n) is 27.7. The number of hydrogen-bond acceptors (Lipinski definition) is 21. The molecule has 29 heteroatoms. The van der Waals surface area contributed by atoms with Gasteiger partial charge in [-0.05, 0) is 13.8 Å². The minimum Gasteiger partial charge on any atom is -0.432 e. The maximum atomic E-state index is 16.3. The van der Waals surface area contributed by atoms with E-state index in [1.54, 1.807) is 0 Å². The van der Waals surface area contributed by atoms with Gasteiger partial charge < -0.3 is 40.4 Å². The van der Waals surface area contributed by atoms with Crippen LogP contribution in [0.15, 0.2) is 22.2 Å². The number of aliphatic hydroxyl groups is 1. The number of alkyl halides is 1. The molecule has 26 nitrogen and oxygen atoms in total. The van der Waals surface area contributed by atoms with Gasteiger partial charge in [-0.2, -0.15) is 9.97 Å². The smallest absolute Gasteiger partial charge is 0.432 e. The number of hydrogen-bond donors (Lipinski definition) is 6. The number of nitrogens with two attached hydrogens (primary N) is 2. The summed E-state index contributed by atoms with van der Waals surface area (Å²) in [6, 6.07) is 0. The maximum absolute atomic E-state index is 16.3. The Morgan fingerprint density at radius 1 is 0.963 bits per heavy atom. The Kier molecular flexibility index (Phi) is 10.1. The number of imidazole rings is 2. The van der Waals surface area contributed by atoms with Crippen molar-refractivity contribution < 1.29 is 69.9 Å². The summed E-state index contributed by atoms with van der Waals surface area (Å²) < 4.78 is 94.0. The fourth-order valence-corrected chi connectivity index (χ4v) is 7.95. The van der Waals surface area contributed by atoms with Crippen molar-refractivity contribution in [3.8, 4) is 0 Å². The predicted octanol–water partition coefficient (Wildman–Crippen LogP) is -0.528. The number of halogens is 1. The Balaban J connectivity index is 1.24. The number of aliphatic hydroxyl groups excluding tert-OH is 1. The third kappa shape index (κ3) is 7.35. The Morgan fingerprint density at radius 3 is 2.15 bits per heavy atom. The zero-order chi connectivity index (χ0) is 38.7. The molecule has 2 bridgehead atoms. The Labute approximate surface area is 299 Å². The van der Waals surface area contributed by atoms with Gasteiger partial charge in [0, 0.05) is 0 Å². The second-order valence-corrected chi connectivity index (χ2v) is 15.1. The summed E-state index contributed by atoms with van der Waals surface area (Å²) in [5.41, 5.74) is 8.95. The fourth-order valence-electron chi connectivity index (χ4n) is 5.76. The molecule has 3 saturated heterocycles. The summed E-state index contributed by atoms with van der Waals surface area (Å²) in [4.78, 5) is 68.0. The minimum atomic E-state index is -5.28. The van der Waals surface area contributed by atoms with Crippen LogP contribution >= 0.6 is 15.6 Å². The van der Waals surface area contributed by atoms with Gasteiger partial charge >= 0.3 is 21.8 Å². The van der Waals surface area contributed by atoms with E-state index in [0.717, 1.165) is 21.8 Å². The molecule has 0 aliphatic carbocycles. The van der Waals surface area contributed by atoms with Crippen molar-refractivity contribution in [2.75, 3.05) is 31.5 Å². The van der Waals surface area contributed by atoms with Crippen molar-refractivity contribution in [2.24, 2.45) is 0 Å². The SMILES string of the molecule is CC(C)OC(=O)OCOP1(=O)OC[C@H]2O[C@@H](n3cnc4c(=O)[nH]c(N)nc43)C(F)C2OP(=O)(O)OC[C@H]2O[C@@H](n3cnc4c(=O)[nH]c(N)nc43)C(O1)C2O. The van der Waals surface area contributed by atoms with Gasteiger partial charge in [0.15, 0.2) is 41.0 Å². The monoisotopic (exact) mass is 808 g/mol. The van der Waals surface area contributed by atoms with E-state index in [1.807, 2.05) is 0 Å². The van der Waals surface area contributed by atoms with Crippen LogP contribution < -0.4 is 22.6 Å². The van der Waals surface area contributed by atoms with Crippen LogP contribution in [-0.2, 0) is 50.7 Å². The lowest BCUT2D eigenvalue weighted by Crippen LogP contribution is -2.35. The number of nitrogens with zero attached hydrogens (tertiary/aromatic N) is 6. The van der Waals surface area contributed by atoms with Gasteiger partial charge in [0.05, 0.1) is 32.0 Å². The number of carbonyl (C=O) groups excluding carboxylic acids is 1. The van der Waals surface area contributed by atoms with Crippen LogP contribution in [0.2, 0.25) is 0 Å². The first kappa shape index (κ1) is 37.9. The number of aromatic amines is 2. The van der Waals surface area contributed by atoms with Crippen LogP contribution in [0.5, 0.6) is 0 Å². The van der Waals surface area contributed by atoms with Gasteiger partial charge in [-0.15, -0.1) is 0 Å². The lowest BCUT2D eigenvalue weighted by atomic mass is 10.1. The molecule has 0 spiro atoms. The largest absolute Gasteiger partial charge is 0.510 e. The molecule has 0 saturated carbocycles. The van der Waals surface area contributed by atoms with Crippen molar-refractivity contribution in [2.45, 2.75) is 69.1 Å². The van der Waals surface area contributed by atoms with Crippen LogP contribution in [0.3, 0.4) is 0 Å². The highest BCUT2D eigenvalue weighted by Gasteiger charge is 2.55. The van der Waals surface area contributed by atoms with Crippen molar-refractivity contribution in [3.63, 3.8) is 0 Å². The summed E-state index contributed by atoms with van der Waals surface area (Å²) in [5.74, 6) is -0.682. The highest BCUT2D eigenvalue weighted by molar-refractivity contribution is 7.48. The normalized spacial score (nSPS) is 33.3. The second kappa shape index (κ2) is 14.3. The Hall–Kier alpha value is -4.40. The minimum absolute atomic E-state index is 0.190. The lowest BCUT2D eigenvalue weighted by Gasteiger charge is -2.27. The van der Waals surface area contributed by atoms with Crippen LogP contribution in [0, 0.1) is 0 Å². The van der Waals surface area contributed by atoms with E-state index < -0.39 is 108 Å². The van der Waals surface area contributed by atoms with Crippen LogP contribution in [-0.4, -0.2) is 118 Å². The number of fused-ring (bicyclic) bond motifs is 5. The van der Waals surface area contributed by atoms with Crippen molar-refractivity contribution in [1.29, 1.82) is 0 Å². The molecule has 294 valence electrons. The third-order valence-electron chi connectivity index (χ3n) is 8.05. The average Bonchev–Trinajstić information content (AvgIpc) is 3.84. The van der Waals surface area contributed by atoms with Crippen molar-refractivity contribution in [3.05, 3.63) is 33.4 Å². The number of anilines is 2. The van der Waals surface area contributed by atoms with Gasteiger partial charge in [0.1, 0.15) is 30.5 Å². The van der Waals surface area contributed by atoms with Gasteiger partial charge in [-0.25, -0.2) is 32.8 Å². The molecular formula is C25H31FN10O16P2. The number of phosphoric ester groups is 2. The molecule has 0 aromatic carbocycles. The van der Waals surface area contributed by atoms with E-state index in [2.05, 4.69) is 29.9 Å². The molecule has 7 heterocycles. The van der Waals surface area contributed by atoms with Crippen LogP contribution in [0.25, 0.3) is 22.3 Å². The molecule has 0 radical (unpaired) electrons.